The summed E-state index contributed by atoms with van der Waals surface area (Å²) in [6.07, 6.45) is 4.01. The summed E-state index contributed by atoms with van der Waals surface area (Å²) in [4.78, 5) is 4.97. The van der Waals surface area contributed by atoms with E-state index in [4.69, 9.17) is 0 Å². The summed E-state index contributed by atoms with van der Waals surface area (Å²) in [6.45, 7) is 4.73. The molecule has 0 aliphatic carbocycles. The summed E-state index contributed by atoms with van der Waals surface area (Å²) in [5, 5.41) is 3.50. The van der Waals surface area contributed by atoms with Crippen LogP contribution in [0, 0.1) is 0 Å². The smallest absolute Gasteiger partial charge is 0.116 e. The van der Waals surface area contributed by atoms with Crippen LogP contribution in [0.5, 0.6) is 0 Å². The average molecular weight is 174 g/mol. The number of rotatable bonds is 0. The van der Waals surface area contributed by atoms with Crippen LogP contribution in [0.2, 0.25) is 0 Å². The molecule has 4 heteroatoms. The third-order valence-corrected chi connectivity index (χ3v) is 5.63. The highest BCUT2D eigenvalue weighted by molar-refractivity contribution is 7.75. The molecule has 64 valence electrons. The molecule has 0 spiro atoms. The van der Waals surface area contributed by atoms with Gasteiger partial charge in [0.15, 0.2) is 0 Å². The van der Waals surface area contributed by atoms with Crippen LogP contribution in [0.4, 0.5) is 0 Å². The van der Waals surface area contributed by atoms with Gasteiger partial charge in [-0.2, -0.15) is 0 Å². The van der Waals surface area contributed by atoms with Crippen LogP contribution < -0.4 is 5.32 Å². The van der Waals surface area contributed by atoms with Crippen molar-refractivity contribution in [3.63, 3.8) is 0 Å². The van der Waals surface area contributed by atoms with E-state index in [1.165, 1.54) is 18.9 Å². The zero-order chi connectivity index (χ0) is 7.90. The Balaban J connectivity index is 2.09. The quantitative estimate of drug-likeness (QED) is 0.532. The molecule has 0 aromatic rings. The van der Waals surface area contributed by atoms with Crippen molar-refractivity contribution in [1.29, 1.82) is 0 Å². The van der Waals surface area contributed by atoms with Crippen LogP contribution in [0.25, 0.3) is 0 Å². The van der Waals surface area contributed by atoms with E-state index in [1.807, 2.05) is 0 Å². The Bertz CT molecular complexity index is 160. The van der Waals surface area contributed by atoms with Gasteiger partial charge in [0.2, 0.25) is 0 Å². The predicted molar refractivity (Wildman–Crippen MR) is 49.9 cm³/mol. The Kier molecular flexibility index (Phi) is 1.92. The maximum atomic E-state index is 3.50. The van der Waals surface area contributed by atoms with E-state index >= 15 is 0 Å². The summed E-state index contributed by atoms with van der Waals surface area (Å²) in [5.74, 6) is 0. The molecule has 0 saturated carbocycles. The van der Waals surface area contributed by atoms with Gasteiger partial charge in [-0.25, -0.2) is 4.90 Å². The van der Waals surface area contributed by atoms with Crippen LogP contribution in [-0.4, -0.2) is 55.7 Å². The van der Waals surface area contributed by atoms with Crippen molar-refractivity contribution in [2.45, 2.75) is 0 Å². The number of nitrogens with one attached hydrogen (secondary N) is 1. The average Bonchev–Trinajstić information content (AvgIpc) is 1.82. The van der Waals surface area contributed by atoms with Crippen molar-refractivity contribution in [3.8, 4) is 0 Å². The van der Waals surface area contributed by atoms with Crippen molar-refractivity contribution in [1.82, 2.24) is 15.1 Å². The summed E-state index contributed by atoms with van der Waals surface area (Å²) in [6, 6.07) is 0. The van der Waals surface area contributed by atoms with Gasteiger partial charge >= 0.3 is 0 Å². The molecule has 2 bridgehead atoms. The van der Waals surface area contributed by atoms with Gasteiger partial charge in [-0.3, -0.25) is 10.2 Å². The minimum Gasteiger partial charge on any atom is -0.272 e. The maximum absolute atomic E-state index is 3.50. The van der Waals surface area contributed by atoms with Gasteiger partial charge in [0, 0.05) is 0 Å². The molecule has 2 saturated heterocycles. The lowest BCUT2D eigenvalue weighted by Gasteiger charge is -2.43. The highest BCUT2D eigenvalue weighted by atomic mass is 31.2. The first-order valence-electron chi connectivity index (χ1n) is 4.13. The highest BCUT2D eigenvalue weighted by Crippen LogP contribution is 2.57. The maximum Gasteiger partial charge on any atom is 0.116 e. The van der Waals surface area contributed by atoms with Crippen LogP contribution in [-0.2, 0) is 0 Å². The fourth-order valence-electron chi connectivity index (χ4n) is 2.22. The minimum absolute atomic E-state index is 0.629. The van der Waals surface area contributed by atoms with Gasteiger partial charge in [-0.15, -0.1) is 0 Å². The second-order valence-corrected chi connectivity index (χ2v) is 8.26. The standard InChI is InChI=1S/C7H17N3P/c1-9-5-10-3-8-4-11(2,6-9)7-10/h8H,3-7H2,1-2H3/q+1. The molecule has 0 aromatic heterocycles. The first-order chi connectivity index (χ1) is 5.18. The van der Waals surface area contributed by atoms with Crippen LogP contribution in [0.3, 0.4) is 0 Å². The van der Waals surface area contributed by atoms with E-state index < -0.39 is 7.26 Å². The lowest BCUT2D eigenvalue weighted by atomic mass is 10.7. The van der Waals surface area contributed by atoms with Crippen LogP contribution >= 0.6 is 7.26 Å². The fraction of sp³-hybridized carbons (Fsp3) is 1.00. The van der Waals surface area contributed by atoms with Gasteiger partial charge in [-0.1, -0.05) is 0 Å². The Morgan fingerprint density at radius 1 is 1.36 bits per heavy atom. The highest BCUT2D eigenvalue weighted by Gasteiger charge is 2.42. The molecule has 2 rings (SSSR count). The van der Waals surface area contributed by atoms with Crippen LogP contribution in [0.1, 0.15) is 0 Å². The first kappa shape index (κ1) is 7.93. The predicted octanol–water partition coefficient (Wildman–Crippen LogP) is 0.272. The molecule has 3 nitrogen and oxygen atoms in total. The number of hydrogen-bond acceptors (Lipinski definition) is 3. The first-order valence-corrected chi connectivity index (χ1v) is 6.92. The second-order valence-electron chi connectivity index (χ2n) is 4.14. The Morgan fingerprint density at radius 2 is 2.18 bits per heavy atom. The van der Waals surface area contributed by atoms with Crippen LogP contribution in [0.15, 0.2) is 0 Å². The SMILES string of the molecule is CN1CN2CNC[P+](C)(C1)C2. The summed E-state index contributed by atoms with van der Waals surface area (Å²) < 4.78 is 0. The van der Waals surface area contributed by atoms with Crippen molar-refractivity contribution in [2.75, 3.05) is 45.9 Å². The Hall–Kier alpha value is 0.310. The van der Waals surface area contributed by atoms with E-state index in [0.717, 1.165) is 13.3 Å². The minimum atomic E-state index is -0.629. The largest absolute Gasteiger partial charge is 0.272 e. The molecule has 2 atom stereocenters. The van der Waals surface area contributed by atoms with Crippen molar-refractivity contribution < 1.29 is 0 Å². The molecule has 2 aliphatic heterocycles. The van der Waals surface area contributed by atoms with Crippen molar-refractivity contribution in [2.24, 2.45) is 0 Å². The molecular formula is C7H17N3P+. The Morgan fingerprint density at radius 3 is 2.91 bits per heavy atom. The molecule has 2 unspecified atom stereocenters. The zero-order valence-electron chi connectivity index (χ0n) is 7.38. The van der Waals surface area contributed by atoms with Crippen molar-refractivity contribution >= 4 is 7.26 Å². The van der Waals surface area contributed by atoms with Gasteiger partial charge in [0.1, 0.15) is 18.9 Å². The monoisotopic (exact) mass is 174 g/mol. The second kappa shape index (κ2) is 2.67. The van der Waals surface area contributed by atoms with Crippen molar-refractivity contribution in [3.05, 3.63) is 0 Å². The lowest BCUT2D eigenvalue weighted by molar-refractivity contribution is 0.157. The fourth-order valence-corrected chi connectivity index (χ4v) is 5.56. The van der Waals surface area contributed by atoms with Gasteiger partial charge in [0.25, 0.3) is 0 Å². The number of nitrogens with zero attached hydrogens (tertiary/aromatic N) is 2. The molecule has 0 aromatic carbocycles. The molecular weight excluding hydrogens is 157 g/mol. The molecule has 1 N–H and O–H groups in total. The molecule has 2 heterocycles. The van der Waals surface area contributed by atoms with Gasteiger partial charge in [0.05, 0.1) is 27.3 Å². The Labute approximate surface area is 69.1 Å². The molecule has 0 amide bonds. The molecule has 0 radical (unpaired) electrons. The zero-order valence-corrected chi connectivity index (χ0v) is 8.27. The van der Waals surface area contributed by atoms with Gasteiger partial charge < -0.3 is 0 Å². The van der Waals surface area contributed by atoms with E-state index in [1.54, 1.807) is 0 Å². The summed E-state index contributed by atoms with van der Waals surface area (Å²) >= 11 is 0. The lowest BCUT2D eigenvalue weighted by Crippen LogP contribution is -2.53. The summed E-state index contributed by atoms with van der Waals surface area (Å²) in [5.41, 5.74) is 0. The molecule has 2 fully saturated rings. The number of hydrogen-bond donors (Lipinski definition) is 1. The van der Waals surface area contributed by atoms with E-state index in [2.05, 4.69) is 28.8 Å². The normalized spacial score (nSPS) is 45.8. The van der Waals surface area contributed by atoms with Gasteiger partial charge in [-0.05, 0) is 7.05 Å². The number of fused-ring (bicyclic) bond motifs is 2. The van der Waals surface area contributed by atoms with E-state index in [0.29, 0.717) is 0 Å². The molecule has 2 aliphatic rings. The topological polar surface area (TPSA) is 18.5 Å². The summed E-state index contributed by atoms with van der Waals surface area (Å²) in [7, 11) is 1.60. The third kappa shape index (κ3) is 1.57. The molecule has 11 heavy (non-hydrogen) atoms. The third-order valence-electron chi connectivity index (χ3n) is 2.39. The van der Waals surface area contributed by atoms with E-state index in [9.17, 15) is 0 Å². The van der Waals surface area contributed by atoms with E-state index in [-0.39, 0.29) is 0 Å².